The molecule has 35 heavy (non-hydrogen) atoms. The Labute approximate surface area is 213 Å². The molecule has 0 atom stereocenters. The lowest BCUT2D eigenvalue weighted by molar-refractivity contribution is -0.118. The van der Waals surface area contributed by atoms with Gasteiger partial charge in [0, 0.05) is 22.7 Å². The van der Waals surface area contributed by atoms with Gasteiger partial charge >= 0.3 is 0 Å². The Kier molecular flexibility index (Phi) is 7.87. The fraction of sp³-hybridized carbons (Fsp3) is 0.308. The number of aryl methyl sites for hydroxylation is 1. The van der Waals surface area contributed by atoms with Gasteiger partial charge in [-0.05, 0) is 36.1 Å². The zero-order valence-electron chi connectivity index (χ0n) is 20.3. The minimum atomic E-state index is -0.186. The molecule has 0 aliphatic rings. The van der Waals surface area contributed by atoms with Gasteiger partial charge in [-0.15, -0.1) is 10.2 Å². The van der Waals surface area contributed by atoms with Gasteiger partial charge in [0.2, 0.25) is 0 Å². The molecule has 2 heterocycles. The highest BCUT2D eigenvalue weighted by molar-refractivity contribution is 8.01. The van der Waals surface area contributed by atoms with Crippen molar-refractivity contribution in [3.8, 4) is 5.75 Å². The average molecular weight is 508 g/mol. The van der Waals surface area contributed by atoms with E-state index in [4.69, 9.17) is 4.74 Å². The Morgan fingerprint density at radius 1 is 1.17 bits per heavy atom. The fourth-order valence-electron chi connectivity index (χ4n) is 3.55. The van der Waals surface area contributed by atoms with Crippen molar-refractivity contribution in [1.29, 1.82) is 0 Å². The van der Waals surface area contributed by atoms with Gasteiger partial charge in [-0.3, -0.25) is 4.79 Å². The van der Waals surface area contributed by atoms with Crippen molar-refractivity contribution < 1.29 is 9.53 Å². The van der Waals surface area contributed by atoms with Gasteiger partial charge < -0.3 is 9.30 Å². The lowest BCUT2D eigenvalue weighted by Crippen LogP contribution is -2.19. The summed E-state index contributed by atoms with van der Waals surface area (Å²) < 4.78 is 8.91. The van der Waals surface area contributed by atoms with Crippen LogP contribution in [0.3, 0.4) is 0 Å². The van der Waals surface area contributed by atoms with Crippen LogP contribution in [0.1, 0.15) is 36.9 Å². The maximum atomic E-state index is 12.1. The van der Waals surface area contributed by atoms with E-state index in [1.54, 1.807) is 6.21 Å². The summed E-state index contributed by atoms with van der Waals surface area (Å²) in [4.78, 5) is 12.1. The van der Waals surface area contributed by atoms with Crippen molar-refractivity contribution in [2.45, 2.75) is 44.0 Å². The number of para-hydroxylation sites is 1. The van der Waals surface area contributed by atoms with Gasteiger partial charge in [-0.25, -0.2) is 5.43 Å². The predicted octanol–water partition coefficient (Wildman–Crippen LogP) is 5.42. The minimum absolute atomic E-state index is 0.122. The third kappa shape index (κ3) is 6.70. The summed E-state index contributed by atoms with van der Waals surface area (Å²) in [5, 5.41) is 14.1. The van der Waals surface area contributed by atoms with Crippen LogP contribution in [-0.2, 0) is 16.8 Å². The summed E-state index contributed by atoms with van der Waals surface area (Å²) in [6.45, 7) is 9.73. The van der Waals surface area contributed by atoms with Crippen molar-refractivity contribution in [2.24, 2.45) is 5.10 Å². The molecule has 1 amide bonds. The Hall–Kier alpha value is -3.17. The van der Waals surface area contributed by atoms with Crippen LogP contribution in [0, 0.1) is 6.92 Å². The molecule has 1 N–H and O–H groups in total. The number of amides is 1. The Morgan fingerprint density at radius 2 is 1.94 bits per heavy atom. The molecular formula is C26H29N5O2S2. The molecule has 7 nitrogen and oxygen atoms in total. The number of hydrogen-bond acceptors (Lipinski definition) is 7. The molecule has 4 aromatic rings. The Morgan fingerprint density at radius 3 is 2.66 bits per heavy atom. The maximum absolute atomic E-state index is 12.1. The first-order valence-electron chi connectivity index (χ1n) is 11.4. The second kappa shape index (κ2) is 11.0. The van der Waals surface area contributed by atoms with Gasteiger partial charge in [0.15, 0.2) is 4.34 Å². The van der Waals surface area contributed by atoms with Crippen LogP contribution < -0.4 is 10.2 Å². The Balaban J connectivity index is 1.34. The van der Waals surface area contributed by atoms with E-state index in [1.165, 1.54) is 28.7 Å². The second-order valence-electron chi connectivity index (χ2n) is 9.09. The number of rotatable bonds is 9. The van der Waals surface area contributed by atoms with Crippen LogP contribution >= 0.6 is 23.1 Å². The molecule has 0 aliphatic carbocycles. The lowest BCUT2D eigenvalue weighted by Gasteiger charge is -2.19. The predicted molar refractivity (Wildman–Crippen MR) is 144 cm³/mol. The van der Waals surface area contributed by atoms with E-state index in [-0.39, 0.29) is 17.1 Å². The minimum Gasteiger partial charge on any atom is -0.492 e. The van der Waals surface area contributed by atoms with Crippen LogP contribution in [0.25, 0.3) is 10.9 Å². The van der Waals surface area contributed by atoms with Crippen molar-refractivity contribution in [3.63, 3.8) is 0 Å². The van der Waals surface area contributed by atoms with E-state index >= 15 is 0 Å². The van der Waals surface area contributed by atoms with Crippen molar-refractivity contribution in [2.75, 3.05) is 12.4 Å². The van der Waals surface area contributed by atoms with Crippen LogP contribution in [0.15, 0.2) is 64.2 Å². The molecule has 2 aromatic carbocycles. The quantitative estimate of drug-likeness (QED) is 0.186. The van der Waals surface area contributed by atoms with Crippen molar-refractivity contribution in [1.82, 2.24) is 20.2 Å². The molecule has 0 radical (unpaired) electrons. The number of fused-ring (bicyclic) bond motifs is 1. The fourth-order valence-corrected chi connectivity index (χ4v) is 5.15. The first-order valence-corrected chi connectivity index (χ1v) is 13.2. The summed E-state index contributed by atoms with van der Waals surface area (Å²) in [5.74, 6) is 0.913. The smallest absolute Gasteiger partial charge is 0.250 e. The molecule has 4 rings (SSSR count). The first-order chi connectivity index (χ1) is 16.8. The first kappa shape index (κ1) is 24.9. The van der Waals surface area contributed by atoms with Crippen LogP contribution in [-0.4, -0.2) is 39.2 Å². The number of carbonyl (C=O) groups is 1. The summed E-state index contributed by atoms with van der Waals surface area (Å²) in [6, 6.07) is 16.4. The van der Waals surface area contributed by atoms with E-state index in [0.29, 0.717) is 13.2 Å². The van der Waals surface area contributed by atoms with Gasteiger partial charge in [0.1, 0.15) is 17.4 Å². The summed E-state index contributed by atoms with van der Waals surface area (Å²) >= 11 is 2.82. The average Bonchev–Trinajstić information content (AvgIpc) is 3.41. The Bertz CT molecular complexity index is 1320. The largest absolute Gasteiger partial charge is 0.492 e. The molecule has 0 unspecified atom stereocenters. The number of carbonyl (C=O) groups excluding carboxylic acids is 1. The number of thioether (sulfide) groups is 1. The normalized spacial score (nSPS) is 11.9. The summed E-state index contributed by atoms with van der Waals surface area (Å²) in [6.07, 6.45) is 3.72. The SMILES string of the molecule is Cc1nnc(SCC(=O)N/N=C\c2cn(CCOc3ccc(C(C)(C)C)cc3)c3ccccc23)s1. The van der Waals surface area contributed by atoms with E-state index in [2.05, 4.69) is 70.3 Å². The second-order valence-corrected chi connectivity index (χ2v) is 11.5. The van der Waals surface area contributed by atoms with E-state index < -0.39 is 0 Å². The molecule has 2 aromatic heterocycles. The molecule has 182 valence electrons. The molecule has 0 fully saturated rings. The van der Waals surface area contributed by atoms with Crippen LogP contribution in [0.4, 0.5) is 0 Å². The zero-order valence-corrected chi connectivity index (χ0v) is 21.9. The van der Waals surface area contributed by atoms with Gasteiger partial charge in [0.25, 0.3) is 5.91 Å². The van der Waals surface area contributed by atoms with E-state index in [1.807, 2.05) is 37.4 Å². The summed E-state index contributed by atoms with van der Waals surface area (Å²) in [7, 11) is 0. The number of hydrogen-bond donors (Lipinski definition) is 1. The highest BCUT2D eigenvalue weighted by Gasteiger charge is 2.13. The highest BCUT2D eigenvalue weighted by Crippen LogP contribution is 2.25. The van der Waals surface area contributed by atoms with Crippen molar-refractivity contribution in [3.05, 3.63) is 70.9 Å². The number of nitrogens with one attached hydrogen (secondary N) is 1. The van der Waals surface area contributed by atoms with Gasteiger partial charge in [-0.2, -0.15) is 5.10 Å². The van der Waals surface area contributed by atoms with E-state index in [9.17, 15) is 4.79 Å². The third-order valence-electron chi connectivity index (χ3n) is 5.37. The molecule has 0 saturated heterocycles. The van der Waals surface area contributed by atoms with Gasteiger partial charge in [0.05, 0.1) is 18.5 Å². The van der Waals surface area contributed by atoms with E-state index in [0.717, 1.165) is 31.6 Å². The zero-order chi connectivity index (χ0) is 24.8. The van der Waals surface area contributed by atoms with Crippen LogP contribution in [0.5, 0.6) is 5.75 Å². The van der Waals surface area contributed by atoms with Crippen molar-refractivity contribution >= 4 is 46.1 Å². The summed E-state index contributed by atoms with van der Waals surface area (Å²) in [5.41, 5.74) is 6.02. The number of benzene rings is 2. The molecule has 0 spiro atoms. The third-order valence-corrected chi connectivity index (χ3v) is 7.34. The molecular weight excluding hydrogens is 478 g/mol. The lowest BCUT2D eigenvalue weighted by atomic mass is 9.87. The molecule has 0 bridgehead atoms. The number of nitrogens with zero attached hydrogens (tertiary/aromatic N) is 4. The molecule has 9 heteroatoms. The monoisotopic (exact) mass is 507 g/mol. The number of ether oxygens (including phenoxy) is 1. The van der Waals surface area contributed by atoms with Crippen LogP contribution in [0.2, 0.25) is 0 Å². The number of aromatic nitrogens is 3. The maximum Gasteiger partial charge on any atom is 0.250 e. The highest BCUT2D eigenvalue weighted by atomic mass is 32.2. The molecule has 0 saturated carbocycles. The van der Waals surface area contributed by atoms with Gasteiger partial charge in [-0.1, -0.05) is 74.2 Å². The topological polar surface area (TPSA) is 81.4 Å². The number of hydrazone groups is 1. The molecule has 0 aliphatic heterocycles. The standard InChI is InChI=1S/C26H29N5O2S2/c1-18-28-30-25(35-18)34-17-24(32)29-27-15-19-16-31(23-8-6-5-7-22(19)23)13-14-33-21-11-9-20(10-12-21)26(2,3)4/h5-12,15-16H,13-14,17H2,1-4H3,(H,29,32)/b27-15-.